The number of phenolic OH excluding ortho intramolecular Hbond substituents is 1. The van der Waals surface area contributed by atoms with Gasteiger partial charge in [0.25, 0.3) is 5.91 Å². The summed E-state index contributed by atoms with van der Waals surface area (Å²) in [6.45, 7) is 2.93. The number of furan rings is 1. The van der Waals surface area contributed by atoms with Crippen molar-refractivity contribution in [3.63, 3.8) is 0 Å². The molecule has 3 rings (SSSR count). The largest absolute Gasteiger partial charge is 0.508 e. The maximum atomic E-state index is 12.2. The normalized spacial score (nSPS) is 11.8. The number of hydrogen-bond acceptors (Lipinski definition) is 6. The van der Waals surface area contributed by atoms with Gasteiger partial charge in [-0.2, -0.15) is 0 Å². The van der Waals surface area contributed by atoms with Crippen LogP contribution in [0.15, 0.2) is 53.1 Å². The number of esters is 1. The number of benzene rings is 2. The molecule has 1 amide bonds. The number of hydrogen-bond donors (Lipinski definition) is 2. The molecule has 2 aromatic carbocycles. The first-order valence-corrected chi connectivity index (χ1v) is 8.64. The predicted octanol–water partition coefficient (Wildman–Crippen LogP) is 3.45. The van der Waals surface area contributed by atoms with Crippen molar-refractivity contribution in [2.45, 2.75) is 26.4 Å². The Morgan fingerprint density at radius 1 is 1.14 bits per heavy atom. The minimum absolute atomic E-state index is 0.0668. The van der Waals surface area contributed by atoms with E-state index in [0.29, 0.717) is 27.8 Å². The minimum atomic E-state index is -0.998. The number of ether oxygens (including phenoxy) is 1. The lowest BCUT2D eigenvalue weighted by atomic mass is 10.1. The molecule has 0 saturated carbocycles. The fraction of sp³-hybridized carbons (Fsp3) is 0.190. The zero-order chi connectivity index (χ0) is 20.3. The fourth-order valence-electron chi connectivity index (χ4n) is 2.69. The van der Waals surface area contributed by atoms with Crippen molar-refractivity contribution in [2.75, 3.05) is 5.32 Å². The highest BCUT2D eigenvalue weighted by molar-refractivity contribution is 5.97. The molecule has 28 heavy (non-hydrogen) atoms. The van der Waals surface area contributed by atoms with Gasteiger partial charge in [0.05, 0.1) is 12.7 Å². The molecule has 0 fully saturated rings. The average Bonchev–Trinajstić information content (AvgIpc) is 3.03. The third kappa shape index (κ3) is 4.37. The number of carbonyl (C=O) groups excluding carboxylic acids is 3. The van der Waals surface area contributed by atoms with E-state index in [1.807, 2.05) is 0 Å². The molecule has 0 radical (unpaired) electrons. The van der Waals surface area contributed by atoms with E-state index in [-0.39, 0.29) is 18.0 Å². The Labute approximate surface area is 160 Å². The molecule has 0 aliphatic carbocycles. The number of phenols is 1. The number of nitrogens with one attached hydrogen (secondary N) is 1. The summed E-state index contributed by atoms with van der Waals surface area (Å²) in [6, 6.07) is 11.0. The van der Waals surface area contributed by atoms with Crippen molar-refractivity contribution in [1.82, 2.24) is 0 Å². The van der Waals surface area contributed by atoms with Gasteiger partial charge in [0.15, 0.2) is 11.9 Å². The quantitative estimate of drug-likeness (QED) is 0.500. The van der Waals surface area contributed by atoms with Crippen molar-refractivity contribution >= 4 is 34.3 Å². The first-order valence-electron chi connectivity index (χ1n) is 8.64. The molecule has 7 nitrogen and oxygen atoms in total. The number of rotatable bonds is 6. The zero-order valence-electron chi connectivity index (χ0n) is 15.4. The van der Waals surface area contributed by atoms with Crippen molar-refractivity contribution in [2.24, 2.45) is 0 Å². The Hall–Kier alpha value is -3.61. The van der Waals surface area contributed by atoms with Crippen LogP contribution >= 0.6 is 0 Å². The van der Waals surface area contributed by atoms with Crippen molar-refractivity contribution in [1.29, 1.82) is 0 Å². The van der Waals surface area contributed by atoms with Crippen LogP contribution in [-0.4, -0.2) is 28.9 Å². The van der Waals surface area contributed by atoms with Gasteiger partial charge in [-0.15, -0.1) is 0 Å². The van der Waals surface area contributed by atoms with Crippen molar-refractivity contribution in [3.05, 3.63) is 59.9 Å². The van der Waals surface area contributed by atoms with Crippen LogP contribution in [0.5, 0.6) is 5.75 Å². The molecule has 0 spiro atoms. The van der Waals surface area contributed by atoms with Gasteiger partial charge in [0.2, 0.25) is 0 Å². The molecule has 0 unspecified atom stereocenters. The fourth-order valence-corrected chi connectivity index (χ4v) is 2.69. The number of ketones is 1. The summed E-state index contributed by atoms with van der Waals surface area (Å²) in [5.74, 6) is -1.06. The lowest BCUT2D eigenvalue weighted by molar-refractivity contribution is -0.152. The van der Waals surface area contributed by atoms with E-state index in [9.17, 15) is 19.5 Å². The lowest BCUT2D eigenvalue weighted by Gasteiger charge is -2.13. The Morgan fingerprint density at radius 3 is 2.54 bits per heavy atom. The summed E-state index contributed by atoms with van der Waals surface area (Å²) in [4.78, 5) is 35.7. The van der Waals surface area contributed by atoms with Crippen molar-refractivity contribution in [3.8, 4) is 5.75 Å². The molecule has 0 aliphatic rings. The van der Waals surface area contributed by atoms with E-state index < -0.39 is 18.0 Å². The van der Waals surface area contributed by atoms with Crippen LogP contribution in [-0.2, 0) is 20.7 Å². The second kappa shape index (κ2) is 7.96. The predicted molar refractivity (Wildman–Crippen MR) is 102 cm³/mol. The minimum Gasteiger partial charge on any atom is -0.508 e. The summed E-state index contributed by atoms with van der Waals surface area (Å²) >= 11 is 0. The molecule has 144 valence electrons. The van der Waals surface area contributed by atoms with Gasteiger partial charge in [0, 0.05) is 28.3 Å². The van der Waals surface area contributed by atoms with Gasteiger partial charge in [-0.05, 0) is 50.2 Å². The molecule has 1 atom stereocenters. The molecule has 7 heteroatoms. The van der Waals surface area contributed by atoms with E-state index in [2.05, 4.69) is 5.32 Å². The average molecular weight is 381 g/mol. The van der Waals surface area contributed by atoms with Gasteiger partial charge in [-0.1, -0.05) is 0 Å². The van der Waals surface area contributed by atoms with Crippen LogP contribution in [0.4, 0.5) is 5.69 Å². The van der Waals surface area contributed by atoms with E-state index in [1.165, 1.54) is 32.2 Å². The van der Waals surface area contributed by atoms with Crippen molar-refractivity contribution < 1.29 is 28.6 Å². The zero-order valence-corrected chi connectivity index (χ0v) is 15.4. The number of carbonyl (C=O) groups is 3. The summed E-state index contributed by atoms with van der Waals surface area (Å²) < 4.78 is 10.5. The highest BCUT2D eigenvalue weighted by atomic mass is 16.5. The monoisotopic (exact) mass is 381 g/mol. The summed E-state index contributed by atoms with van der Waals surface area (Å²) in [5, 5.41) is 12.8. The SMILES string of the molecule is CC(=O)c1ccc(NC(=O)[C@H](C)OC(=O)Cc2coc3cc(O)ccc23)cc1. The van der Waals surface area contributed by atoms with Gasteiger partial charge in [0.1, 0.15) is 11.3 Å². The van der Waals surface area contributed by atoms with Crippen LogP contribution in [0.2, 0.25) is 0 Å². The Balaban J connectivity index is 1.58. The van der Waals surface area contributed by atoms with Crippen LogP contribution in [0.1, 0.15) is 29.8 Å². The first kappa shape index (κ1) is 19.2. The van der Waals surface area contributed by atoms with E-state index in [0.717, 1.165) is 0 Å². The number of fused-ring (bicyclic) bond motifs is 1. The van der Waals surface area contributed by atoms with Crippen LogP contribution in [0.3, 0.4) is 0 Å². The maximum absolute atomic E-state index is 12.2. The summed E-state index contributed by atoms with van der Waals surface area (Å²) in [7, 11) is 0. The molecule has 0 aliphatic heterocycles. The topological polar surface area (TPSA) is 106 Å². The van der Waals surface area contributed by atoms with Gasteiger partial charge >= 0.3 is 5.97 Å². The molecular formula is C21H19NO6. The molecule has 1 aromatic heterocycles. The van der Waals surface area contributed by atoms with Crippen LogP contribution in [0.25, 0.3) is 11.0 Å². The van der Waals surface area contributed by atoms with Gasteiger partial charge < -0.3 is 19.6 Å². The molecule has 2 N–H and O–H groups in total. The molecule has 0 bridgehead atoms. The highest BCUT2D eigenvalue weighted by Gasteiger charge is 2.19. The highest BCUT2D eigenvalue weighted by Crippen LogP contribution is 2.25. The third-order valence-corrected chi connectivity index (χ3v) is 4.21. The smallest absolute Gasteiger partial charge is 0.311 e. The van der Waals surface area contributed by atoms with Crippen LogP contribution < -0.4 is 5.32 Å². The third-order valence-electron chi connectivity index (χ3n) is 4.21. The van der Waals surface area contributed by atoms with Crippen LogP contribution in [0, 0.1) is 0 Å². The second-order valence-corrected chi connectivity index (χ2v) is 6.37. The molecular weight excluding hydrogens is 362 g/mol. The first-order chi connectivity index (χ1) is 13.3. The van der Waals surface area contributed by atoms with E-state index in [4.69, 9.17) is 9.15 Å². The van der Waals surface area contributed by atoms with E-state index in [1.54, 1.807) is 30.3 Å². The Morgan fingerprint density at radius 2 is 1.86 bits per heavy atom. The van der Waals surface area contributed by atoms with E-state index >= 15 is 0 Å². The second-order valence-electron chi connectivity index (χ2n) is 6.37. The number of aromatic hydroxyl groups is 1. The molecule has 3 aromatic rings. The standard InChI is InChI=1S/C21H19NO6/c1-12(23)14-3-5-16(6-4-14)22-21(26)13(2)28-20(25)9-15-11-27-19-10-17(24)7-8-18(15)19/h3-8,10-11,13,24H,9H2,1-2H3,(H,22,26)/t13-/m0/s1. The van der Waals surface area contributed by atoms with Gasteiger partial charge in [-0.25, -0.2) is 0 Å². The number of anilines is 1. The van der Waals surface area contributed by atoms with Gasteiger partial charge in [-0.3, -0.25) is 14.4 Å². The maximum Gasteiger partial charge on any atom is 0.311 e. The molecule has 1 heterocycles. The summed E-state index contributed by atoms with van der Waals surface area (Å²) in [5.41, 5.74) is 2.10. The number of amides is 1. The number of Topliss-reactive ketones (excluding diaryl/α,β-unsaturated/α-hetero) is 1. The lowest BCUT2D eigenvalue weighted by Crippen LogP contribution is -2.30. The Kier molecular flexibility index (Phi) is 5.44. The molecule has 0 saturated heterocycles. The Bertz CT molecular complexity index is 1030. The summed E-state index contributed by atoms with van der Waals surface area (Å²) in [6.07, 6.45) is 0.359.